The van der Waals surface area contributed by atoms with Crippen LogP contribution in [0.2, 0.25) is 0 Å². The van der Waals surface area contributed by atoms with Crippen molar-refractivity contribution in [3.63, 3.8) is 0 Å². The van der Waals surface area contributed by atoms with Crippen LogP contribution < -0.4 is 0 Å². The minimum Gasteiger partial charge on any atom is -0.306 e. The first-order chi connectivity index (χ1) is 17.7. The van der Waals surface area contributed by atoms with Crippen LogP contribution in [-0.4, -0.2) is 8.80 Å². The normalized spacial score (nSPS) is 12.7. The van der Waals surface area contributed by atoms with Crippen molar-refractivity contribution in [2.75, 3.05) is 0 Å². The van der Waals surface area contributed by atoms with Crippen LogP contribution in [-0.2, 0) is 0 Å². The molecule has 5 aromatic carbocycles. The highest BCUT2D eigenvalue weighted by Crippen LogP contribution is 2.50. The first-order valence-corrected chi connectivity index (χ1v) is 13.3. The molecule has 9 rings (SSSR count). The molecule has 0 spiro atoms. The fourth-order valence-corrected chi connectivity index (χ4v) is 8.49. The van der Waals surface area contributed by atoms with Gasteiger partial charge in [-0.3, -0.25) is 0 Å². The molecule has 2 nitrogen and oxygen atoms in total. The fraction of sp³-hybridized carbons (Fsp3) is 0. The first kappa shape index (κ1) is 19.2. The van der Waals surface area contributed by atoms with Crippen LogP contribution in [0.5, 0.6) is 0 Å². The molecule has 0 N–H and O–H groups in total. The van der Waals surface area contributed by atoms with Crippen LogP contribution in [0.3, 0.4) is 0 Å². The molecule has 170 valence electrons. The summed E-state index contributed by atoms with van der Waals surface area (Å²) in [4.78, 5) is 0. The predicted molar refractivity (Wildman–Crippen MR) is 149 cm³/mol. The number of aromatic nitrogens is 2. The molecule has 36 heavy (non-hydrogen) atoms. The van der Waals surface area contributed by atoms with E-state index in [9.17, 15) is 8.78 Å². The quantitative estimate of drug-likeness (QED) is 0.182. The number of rotatable bonds is 0. The molecule has 0 saturated heterocycles. The van der Waals surface area contributed by atoms with Gasteiger partial charge in [-0.15, -0.1) is 22.7 Å². The van der Waals surface area contributed by atoms with Crippen molar-refractivity contribution >= 4 is 96.1 Å². The molecule has 0 aliphatic carbocycles. The number of halogens is 2. The van der Waals surface area contributed by atoms with Gasteiger partial charge >= 0.3 is 0 Å². The fourth-order valence-electron chi connectivity index (χ4n) is 6.03. The van der Waals surface area contributed by atoms with Gasteiger partial charge in [-0.25, -0.2) is 8.78 Å². The van der Waals surface area contributed by atoms with Crippen LogP contribution in [0.4, 0.5) is 8.78 Å². The number of para-hydroxylation sites is 2. The number of benzene rings is 5. The van der Waals surface area contributed by atoms with Crippen molar-refractivity contribution in [3.05, 3.63) is 96.6 Å². The molecule has 0 aliphatic heterocycles. The number of nitrogens with zero attached hydrogens (tertiary/aromatic N) is 2. The van der Waals surface area contributed by atoms with Crippen LogP contribution >= 0.6 is 22.7 Å². The van der Waals surface area contributed by atoms with E-state index in [0.29, 0.717) is 0 Å². The second-order valence-electron chi connectivity index (χ2n) is 9.24. The Kier molecular flexibility index (Phi) is 3.42. The zero-order valence-electron chi connectivity index (χ0n) is 18.5. The van der Waals surface area contributed by atoms with Crippen LogP contribution in [0.25, 0.3) is 73.4 Å². The SMILES string of the molecule is Fc1ccc2c(c1)c1c3sc4ccccc4n4c5ccc(F)cc5c(c5sc6ccccc6n2c51)c34. The van der Waals surface area contributed by atoms with E-state index in [1.165, 1.54) is 12.1 Å². The number of hydrogen-bond donors (Lipinski definition) is 0. The molecule has 0 amide bonds. The van der Waals surface area contributed by atoms with Gasteiger partial charge in [0, 0.05) is 21.5 Å². The summed E-state index contributed by atoms with van der Waals surface area (Å²) in [5, 5.41) is 3.90. The van der Waals surface area contributed by atoms with Crippen molar-refractivity contribution in [3.8, 4) is 0 Å². The highest BCUT2D eigenvalue weighted by atomic mass is 32.1. The summed E-state index contributed by atoms with van der Waals surface area (Å²) in [6.07, 6.45) is 0. The van der Waals surface area contributed by atoms with Crippen molar-refractivity contribution in [1.82, 2.24) is 8.80 Å². The van der Waals surface area contributed by atoms with E-state index in [1.807, 2.05) is 36.4 Å². The topological polar surface area (TPSA) is 8.82 Å². The largest absolute Gasteiger partial charge is 0.306 e. The monoisotopic (exact) mass is 504 g/mol. The molecular weight excluding hydrogens is 490 g/mol. The van der Waals surface area contributed by atoms with E-state index in [4.69, 9.17) is 0 Å². The Hall–Kier alpha value is -4.00. The first-order valence-electron chi connectivity index (χ1n) is 11.7. The van der Waals surface area contributed by atoms with Gasteiger partial charge in [-0.05, 0) is 60.7 Å². The molecule has 0 saturated carbocycles. The van der Waals surface area contributed by atoms with Crippen molar-refractivity contribution in [2.45, 2.75) is 0 Å². The maximum absolute atomic E-state index is 14.7. The molecule has 4 heterocycles. The number of fused-ring (bicyclic) bond motifs is 12. The second-order valence-corrected chi connectivity index (χ2v) is 11.3. The van der Waals surface area contributed by atoms with E-state index in [0.717, 1.165) is 73.4 Å². The Bertz CT molecular complexity index is 2230. The van der Waals surface area contributed by atoms with Gasteiger partial charge in [0.05, 0.1) is 51.9 Å². The summed E-state index contributed by atoms with van der Waals surface area (Å²) in [7, 11) is 0. The molecule has 0 radical (unpaired) electrons. The lowest BCUT2D eigenvalue weighted by atomic mass is 10.1. The lowest BCUT2D eigenvalue weighted by Gasteiger charge is -2.11. The van der Waals surface area contributed by atoms with Gasteiger partial charge in [0.25, 0.3) is 0 Å². The molecule has 0 fully saturated rings. The third-order valence-electron chi connectivity index (χ3n) is 7.38. The van der Waals surface area contributed by atoms with Gasteiger partial charge < -0.3 is 8.80 Å². The van der Waals surface area contributed by atoms with E-state index in [1.54, 1.807) is 34.8 Å². The minimum absolute atomic E-state index is 0.251. The second kappa shape index (κ2) is 6.40. The lowest BCUT2D eigenvalue weighted by molar-refractivity contribution is 0.629. The van der Waals surface area contributed by atoms with Gasteiger partial charge in [0.2, 0.25) is 0 Å². The van der Waals surface area contributed by atoms with Gasteiger partial charge in [0.1, 0.15) is 11.6 Å². The Balaban J connectivity index is 1.78. The average molecular weight is 505 g/mol. The summed E-state index contributed by atoms with van der Waals surface area (Å²) in [6.45, 7) is 0. The molecule has 4 aromatic heterocycles. The summed E-state index contributed by atoms with van der Waals surface area (Å²) in [5.41, 5.74) is 6.26. The molecule has 9 aromatic rings. The molecule has 0 unspecified atom stereocenters. The van der Waals surface area contributed by atoms with Crippen LogP contribution in [0.1, 0.15) is 0 Å². The minimum atomic E-state index is -0.251. The Morgan fingerprint density at radius 2 is 0.944 bits per heavy atom. The Labute approximate surface area is 209 Å². The van der Waals surface area contributed by atoms with Gasteiger partial charge in [-0.1, -0.05) is 24.3 Å². The maximum Gasteiger partial charge on any atom is 0.123 e. The van der Waals surface area contributed by atoms with E-state index in [2.05, 4.69) is 33.1 Å². The summed E-state index contributed by atoms with van der Waals surface area (Å²) >= 11 is 3.45. The van der Waals surface area contributed by atoms with Crippen LogP contribution in [0, 0.1) is 11.6 Å². The van der Waals surface area contributed by atoms with E-state index >= 15 is 0 Å². The zero-order chi connectivity index (χ0) is 23.7. The van der Waals surface area contributed by atoms with Crippen molar-refractivity contribution in [2.24, 2.45) is 0 Å². The molecule has 0 atom stereocenters. The third-order valence-corrected chi connectivity index (χ3v) is 9.71. The average Bonchev–Trinajstić information content (AvgIpc) is 3.41. The summed E-state index contributed by atoms with van der Waals surface area (Å²) in [5.74, 6) is -0.501. The van der Waals surface area contributed by atoms with Crippen molar-refractivity contribution < 1.29 is 8.78 Å². The molecule has 0 aliphatic rings. The standard InChI is InChI=1S/C30H14F2N2S2/c31-15-9-11-19-17(13-15)25-27-29(35-23-7-3-1-5-21(23)33(19)27)26-18-14-16(32)10-12-20(18)34-22-6-2-4-8-24(22)36-30(25)28(26)34/h1-14H. The Morgan fingerprint density at radius 3 is 1.42 bits per heavy atom. The molecule has 6 heteroatoms. The van der Waals surface area contributed by atoms with Crippen molar-refractivity contribution in [1.29, 1.82) is 0 Å². The third kappa shape index (κ3) is 2.16. The lowest BCUT2D eigenvalue weighted by Crippen LogP contribution is -1.90. The molecular formula is C30H14F2N2S2. The summed E-state index contributed by atoms with van der Waals surface area (Å²) < 4.78 is 38.4. The Morgan fingerprint density at radius 1 is 0.500 bits per heavy atom. The highest BCUT2D eigenvalue weighted by molar-refractivity contribution is 7.27. The smallest absolute Gasteiger partial charge is 0.123 e. The van der Waals surface area contributed by atoms with Crippen LogP contribution in [0.15, 0.2) is 84.9 Å². The number of hydrogen-bond acceptors (Lipinski definition) is 2. The maximum atomic E-state index is 14.7. The van der Waals surface area contributed by atoms with Gasteiger partial charge in [0.15, 0.2) is 0 Å². The van der Waals surface area contributed by atoms with Gasteiger partial charge in [-0.2, -0.15) is 0 Å². The zero-order valence-corrected chi connectivity index (χ0v) is 20.2. The molecule has 0 bridgehead atoms. The van der Waals surface area contributed by atoms with E-state index in [-0.39, 0.29) is 11.6 Å². The highest BCUT2D eigenvalue weighted by Gasteiger charge is 2.25. The summed E-state index contributed by atoms with van der Waals surface area (Å²) in [6, 6.07) is 26.8. The predicted octanol–water partition coefficient (Wildman–Crippen LogP) is 9.51. The van der Waals surface area contributed by atoms with E-state index < -0.39 is 0 Å².